The zero-order chi connectivity index (χ0) is 20.6. The van der Waals surface area contributed by atoms with Crippen LogP contribution in [0.4, 0.5) is 4.39 Å². The molecule has 1 aliphatic heterocycles. The monoisotopic (exact) mass is 421 g/mol. The molecule has 3 atom stereocenters. The van der Waals surface area contributed by atoms with Crippen LogP contribution < -0.4 is 4.74 Å². The van der Waals surface area contributed by atoms with Crippen molar-refractivity contribution in [2.24, 2.45) is 5.92 Å². The molecule has 0 bridgehead atoms. The smallest absolute Gasteiger partial charge is 0.261 e. The third kappa shape index (κ3) is 4.80. The number of carbonyl (C=O) groups excluding carboxylic acids is 1. The minimum atomic E-state index is -3.15. The lowest BCUT2D eigenvalue weighted by atomic mass is 10.2. The number of hydrogen-bond acceptors (Lipinski definition) is 5. The Hall–Kier alpha value is -2.35. The first-order valence-electron chi connectivity index (χ1n) is 9.77. The number of halogens is 1. The van der Waals surface area contributed by atoms with Gasteiger partial charge in [-0.3, -0.25) is 4.79 Å². The summed E-state index contributed by atoms with van der Waals surface area (Å²) in [5.41, 5.74) is 0. The van der Waals surface area contributed by atoms with Crippen molar-refractivity contribution in [3.05, 3.63) is 53.7 Å². The van der Waals surface area contributed by atoms with Crippen molar-refractivity contribution in [2.45, 2.75) is 38.3 Å². The molecule has 1 saturated carbocycles. The van der Waals surface area contributed by atoms with Crippen LogP contribution in [0.25, 0.3) is 0 Å². The SMILES string of the molecule is CC1CC1c1ccc(CN(C(=O)COc2ccc(F)cc2)C2CCS(=O)(=O)C2)o1. The molecule has 2 aliphatic rings. The van der Waals surface area contributed by atoms with Crippen molar-refractivity contribution in [3.8, 4) is 5.75 Å². The number of amides is 1. The standard InChI is InChI=1S/C21H24FNO5S/c1-14-10-19(14)20-7-6-18(28-20)11-23(16-8-9-29(25,26)13-16)21(24)12-27-17-4-2-15(22)3-5-17/h2-7,14,16,19H,8-13H2,1H3. The molecule has 8 heteroatoms. The van der Waals surface area contributed by atoms with Gasteiger partial charge in [-0.15, -0.1) is 0 Å². The van der Waals surface area contributed by atoms with Crippen LogP contribution in [0.1, 0.15) is 37.2 Å². The highest BCUT2D eigenvalue weighted by Crippen LogP contribution is 2.47. The Balaban J connectivity index is 1.46. The molecule has 0 N–H and O–H groups in total. The Kier molecular flexibility index (Phi) is 5.38. The maximum absolute atomic E-state index is 13.0. The second kappa shape index (κ2) is 7.82. The van der Waals surface area contributed by atoms with Gasteiger partial charge in [0.2, 0.25) is 0 Å². The Labute approximate surface area is 169 Å². The fourth-order valence-electron chi connectivity index (χ4n) is 3.77. The first-order chi connectivity index (χ1) is 13.8. The maximum Gasteiger partial charge on any atom is 0.261 e. The summed E-state index contributed by atoms with van der Waals surface area (Å²) < 4.78 is 48.3. The van der Waals surface area contributed by atoms with Gasteiger partial charge in [0.1, 0.15) is 23.1 Å². The number of sulfone groups is 1. The highest BCUT2D eigenvalue weighted by Gasteiger charge is 2.38. The fourth-order valence-corrected chi connectivity index (χ4v) is 5.50. The molecule has 2 aromatic rings. The van der Waals surface area contributed by atoms with E-state index < -0.39 is 15.9 Å². The summed E-state index contributed by atoms with van der Waals surface area (Å²) in [5, 5.41) is 0. The van der Waals surface area contributed by atoms with E-state index in [1.807, 2.05) is 12.1 Å². The third-order valence-electron chi connectivity index (χ3n) is 5.63. The zero-order valence-corrected chi connectivity index (χ0v) is 17.0. The molecule has 29 heavy (non-hydrogen) atoms. The molecule has 2 heterocycles. The van der Waals surface area contributed by atoms with Gasteiger partial charge < -0.3 is 14.1 Å². The fraction of sp³-hybridized carbons (Fsp3) is 0.476. The van der Waals surface area contributed by atoms with Gasteiger partial charge in [-0.25, -0.2) is 12.8 Å². The van der Waals surface area contributed by atoms with Gasteiger partial charge in [0.05, 0.1) is 18.1 Å². The molecule has 3 unspecified atom stereocenters. The van der Waals surface area contributed by atoms with Crippen LogP contribution >= 0.6 is 0 Å². The van der Waals surface area contributed by atoms with Crippen molar-refractivity contribution in [1.82, 2.24) is 4.90 Å². The minimum Gasteiger partial charge on any atom is -0.484 e. The van der Waals surface area contributed by atoms with Crippen molar-refractivity contribution < 1.29 is 26.8 Å². The van der Waals surface area contributed by atoms with Gasteiger partial charge in [0.25, 0.3) is 5.91 Å². The molecule has 2 fully saturated rings. The van der Waals surface area contributed by atoms with Gasteiger partial charge in [0.15, 0.2) is 16.4 Å². The Bertz CT molecular complexity index is 985. The number of furan rings is 1. The van der Waals surface area contributed by atoms with Gasteiger partial charge >= 0.3 is 0 Å². The average molecular weight is 421 g/mol. The van der Waals surface area contributed by atoms with Crippen molar-refractivity contribution >= 4 is 15.7 Å². The van der Waals surface area contributed by atoms with Crippen molar-refractivity contribution in [3.63, 3.8) is 0 Å². The number of benzene rings is 1. The summed E-state index contributed by atoms with van der Waals surface area (Å²) >= 11 is 0. The molecule has 0 spiro atoms. The normalized spacial score (nSPS) is 25.0. The Morgan fingerprint density at radius 3 is 2.59 bits per heavy atom. The molecule has 4 rings (SSSR count). The zero-order valence-electron chi connectivity index (χ0n) is 16.2. The largest absolute Gasteiger partial charge is 0.484 e. The van der Waals surface area contributed by atoms with Gasteiger partial charge in [-0.05, 0) is 55.2 Å². The van der Waals surface area contributed by atoms with Gasteiger partial charge in [-0.1, -0.05) is 6.92 Å². The molecular formula is C21H24FNO5S. The number of ether oxygens (including phenoxy) is 1. The predicted octanol–water partition coefficient (Wildman–Crippen LogP) is 3.14. The number of carbonyl (C=O) groups is 1. The second-order valence-corrected chi connectivity index (χ2v) is 10.2. The van der Waals surface area contributed by atoms with Crippen LogP contribution in [0.5, 0.6) is 5.75 Å². The van der Waals surface area contributed by atoms with E-state index in [1.54, 1.807) is 0 Å². The summed E-state index contributed by atoms with van der Waals surface area (Å²) in [4.78, 5) is 14.4. The first-order valence-corrected chi connectivity index (χ1v) is 11.6. The summed E-state index contributed by atoms with van der Waals surface area (Å²) in [7, 11) is -3.15. The molecule has 1 aliphatic carbocycles. The molecule has 156 valence electrons. The lowest BCUT2D eigenvalue weighted by molar-refractivity contribution is -0.136. The lowest BCUT2D eigenvalue weighted by Crippen LogP contribution is -2.43. The third-order valence-corrected chi connectivity index (χ3v) is 7.38. The van der Waals surface area contributed by atoms with E-state index >= 15 is 0 Å². The summed E-state index contributed by atoms with van der Waals surface area (Å²) in [5.74, 6) is 2.28. The summed E-state index contributed by atoms with van der Waals surface area (Å²) in [6.45, 7) is 2.11. The maximum atomic E-state index is 13.0. The first kappa shape index (κ1) is 19.9. The number of nitrogens with zero attached hydrogens (tertiary/aromatic N) is 1. The summed E-state index contributed by atoms with van der Waals surface area (Å²) in [6, 6.07) is 8.79. The molecule has 6 nitrogen and oxygen atoms in total. The highest BCUT2D eigenvalue weighted by molar-refractivity contribution is 7.91. The van der Waals surface area contributed by atoms with E-state index in [2.05, 4.69) is 6.92 Å². The molecule has 0 radical (unpaired) electrons. The number of hydrogen-bond donors (Lipinski definition) is 0. The molecule has 1 amide bonds. The van der Waals surface area contributed by atoms with E-state index in [0.717, 1.165) is 12.2 Å². The van der Waals surface area contributed by atoms with Crippen LogP contribution in [-0.2, 0) is 21.2 Å². The molecular weight excluding hydrogens is 397 g/mol. The number of rotatable bonds is 7. The van der Waals surface area contributed by atoms with E-state index in [-0.39, 0.29) is 36.4 Å². The van der Waals surface area contributed by atoms with Gasteiger partial charge in [-0.2, -0.15) is 0 Å². The van der Waals surface area contributed by atoms with Gasteiger partial charge in [0, 0.05) is 12.0 Å². The minimum absolute atomic E-state index is 0.0531. The average Bonchev–Trinajstić information content (AvgIpc) is 3.07. The van der Waals surface area contributed by atoms with Crippen LogP contribution in [-0.4, -0.2) is 43.4 Å². The van der Waals surface area contributed by atoms with E-state index in [1.165, 1.54) is 29.2 Å². The second-order valence-electron chi connectivity index (χ2n) is 7.94. The summed E-state index contributed by atoms with van der Waals surface area (Å²) in [6.07, 6.45) is 1.50. The van der Waals surface area contributed by atoms with Crippen LogP contribution in [0, 0.1) is 11.7 Å². The lowest BCUT2D eigenvalue weighted by Gasteiger charge is -2.27. The molecule has 1 saturated heterocycles. The van der Waals surface area contributed by atoms with E-state index in [0.29, 0.717) is 29.8 Å². The quantitative estimate of drug-likeness (QED) is 0.687. The van der Waals surface area contributed by atoms with Crippen molar-refractivity contribution in [2.75, 3.05) is 18.1 Å². The van der Waals surface area contributed by atoms with Crippen LogP contribution in [0.3, 0.4) is 0 Å². The van der Waals surface area contributed by atoms with E-state index in [9.17, 15) is 17.6 Å². The van der Waals surface area contributed by atoms with Crippen LogP contribution in [0.2, 0.25) is 0 Å². The Morgan fingerprint density at radius 2 is 1.97 bits per heavy atom. The predicted molar refractivity (Wildman–Crippen MR) is 105 cm³/mol. The molecule has 1 aromatic carbocycles. The Morgan fingerprint density at radius 1 is 1.24 bits per heavy atom. The molecule has 1 aromatic heterocycles. The van der Waals surface area contributed by atoms with Crippen molar-refractivity contribution in [1.29, 1.82) is 0 Å². The van der Waals surface area contributed by atoms with E-state index in [4.69, 9.17) is 9.15 Å². The van der Waals surface area contributed by atoms with Crippen LogP contribution in [0.15, 0.2) is 40.8 Å². The highest BCUT2D eigenvalue weighted by atomic mass is 32.2. The topological polar surface area (TPSA) is 76.8 Å².